The number of fused-ring (bicyclic) bond motifs is 1. The van der Waals surface area contributed by atoms with Crippen LogP contribution >= 0.6 is 0 Å². The number of aliphatic imine (C=N–C) groups is 1. The highest BCUT2D eigenvalue weighted by atomic mass is 32.2. The largest absolute Gasteiger partial charge is 0.459 e. The summed E-state index contributed by atoms with van der Waals surface area (Å²) in [6, 6.07) is 19.4. The van der Waals surface area contributed by atoms with Crippen molar-refractivity contribution in [2.45, 2.75) is 17.9 Å². The summed E-state index contributed by atoms with van der Waals surface area (Å²) in [5.74, 6) is 2.02. The Bertz CT molecular complexity index is 873. The Balaban J connectivity index is 1.53. The second-order valence-corrected chi connectivity index (χ2v) is 7.49. The third kappa shape index (κ3) is 4.52. The number of guanidine groups is 1. The van der Waals surface area contributed by atoms with Gasteiger partial charge in [-0.2, -0.15) is 0 Å². The zero-order valence-electron chi connectivity index (χ0n) is 14.9. The lowest BCUT2D eigenvalue weighted by Gasteiger charge is -2.16. The molecule has 2 aromatic carbocycles. The molecule has 1 aromatic heterocycles. The highest BCUT2D eigenvalue weighted by Crippen LogP contribution is 2.23. The molecule has 0 saturated carbocycles. The van der Waals surface area contributed by atoms with E-state index in [9.17, 15) is 4.21 Å². The highest BCUT2D eigenvalue weighted by molar-refractivity contribution is 7.85. The van der Waals surface area contributed by atoms with Gasteiger partial charge >= 0.3 is 0 Å². The van der Waals surface area contributed by atoms with Gasteiger partial charge in [-0.05, 0) is 31.2 Å². The fourth-order valence-corrected chi connectivity index (χ4v) is 3.62. The maximum absolute atomic E-state index is 12.3. The van der Waals surface area contributed by atoms with Crippen molar-refractivity contribution in [2.24, 2.45) is 4.99 Å². The van der Waals surface area contributed by atoms with Crippen molar-refractivity contribution in [3.05, 3.63) is 66.4 Å². The first-order valence-corrected chi connectivity index (χ1v) is 9.88. The SMILES string of the molecule is CN=C(NCCS(=O)c1ccccc1)NC(C)c1cc2ccccc2o1. The van der Waals surface area contributed by atoms with Crippen molar-refractivity contribution in [3.8, 4) is 0 Å². The predicted octanol–water partition coefficient (Wildman–Crippen LogP) is 3.47. The van der Waals surface area contributed by atoms with Crippen LogP contribution in [0.3, 0.4) is 0 Å². The minimum absolute atomic E-state index is 0.0341. The van der Waals surface area contributed by atoms with Gasteiger partial charge in [0.15, 0.2) is 5.96 Å². The summed E-state index contributed by atoms with van der Waals surface area (Å²) in [6.45, 7) is 2.58. The zero-order valence-corrected chi connectivity index (χ0v) is 15.8. The van der Waals surface area contributed by atoms with Crippen molar-refractivity contribution in [1.29, 1.82) is 0 Å². The van der Waals surface area contributed by atoms with Gasteiger partial charge in [0.2, 0.25) is 0 Å². The van der Waals surface area contributed by atoms with Gasteiger partial charge in [-0.3, -0.25) is 9.20 Å². The molecule has 0 aliphatic heterocycles. The lowest BCUT2D eigenvalue weighted by atomic mass is 10.2. The number of hydrogen-bond donors (Lipinski definition) is 2. The average Bonchev–Trinajstić information content (AvgIpc) is 3.12. The summed E-state index contributed by atoms with van der Waals surface area (Å²) in [4.78, 5) is 5.07. The van der Waals surface area contributed by atoms with Gasteiger partial charge in [-0.15, -0.1) is 0 Å². The van der Waals surface area contributed by atoms with Crippen LogP contribution in [0.5, 0.6) is 0 Å². The molecule has 6 heteroatoms. The number of hydrogen-bond acceptors (Lipinski definition) is 3. The highest BCUT2D eigenvalue weighted by Gasteiger charge is 2.13. The van der Waals surface area contributed by atoms with E-state index in [-0.39, 0.29) is 6.04 Å². The molecule has 136 valence electrons. The molecule has 3 aromatic rings. The lowest BCUT2D eigenvalue weighted by molar-refractivity contribution is 0.489. The Morgan fingerprint density at radius 2 is 1.88 bits per heavy atom. The van der Waals surface area contributed by atoms with Gasteiger partial charge in [0.05, 0.1) is 16.8 Å². The molecule has 0 aliphatic carbocycles. The maximum atomic E-state index is 12.3. The number of para-hydroxylation sites is 1. The number of furan rings is 1. The van der Waals surface area contributed by atoms with Crippen molar-refractivity contribution >= 4 is 27.7 Å². The topological polar surface area (TPSA) is 66.6 Å². The summed E-state index contributed by atoms with van der Waals surface area (Å²) < 4.78 is 18.1. The Kier molecular flexibility index (Phi) is 6.07. The molecule has 3 rings (SSSR count). The fraction of sp³-hybridized carbons (Fsp3) is 0.250. The van der Waals surface area contributed by atoms with Crippen LogP contribution in [0, 0.1) is 0 Å². The van der Waals surface area contributed by atoms with Gasteiger partial charge in [0.25, 0.3) is 0 Å². The third-order valence-corrected chi connectivity index (χ3v) is 5.41. The van der Waals surface area contributed by atoms with E-state index in [1.807, 2.05) is 67.6 Å². The molecule has 0 bridgehead atoms. The van der Waals surface area contributed by atoms with E-state index < -0.39 is 10.8 Å². The third-order valence-electron chi connectivity index (χ3n) is 4.03. The normalized spacial score (nSPS) is 14.2. The summed E-state index contributed by atoms with van der Waals surface area (Å²) in [6.07, 6.45) is 0. The van der Waals surface area contributed by atoms with Gasteiger partial charge in [-0.1, -0.05) is 36.4 Å². The molecular formula is C20H23N3O2S. The van der Waals surface area contributed by atoms with Crippen LogP contribution in [0.1, 0.15) is 18.7 Å². The van der Waals surface area contributed by atoms with Crippen LogP contribution < -0.4 is 10.6 Å². The Morgan fingerprint density at radius 1 is 1.15 bits per heavy atom. The number of benzene rings is 2. The van der Waals surface area contributed by atoms with Crippen LogP contribution in [0.15, 0.2) is 75.0 Å². The standard InChI is InChI=1S/C20H23N3O2S/c1-15(19-14-16-8-6-7-11-18(16)25-19)23-20(21-2)22-12-13-26(24)17-9-4-3-5-10-17/h3-11,14-15H,12-13H2,1-2H3,(H2,21,22,23). The number of nitrogens with one attached hydrogen (secondary N) is 2. The molecule has 0 aliphatic rings. The molecule has 0 spiro atoms. The molecule has 26 heavy (non-hydrogen) atoms. The van der Waals surface area contributed by atoms with Crippen LogP contribution in [-0.4, -0.2) is 29.5 Å². The molecule has 2 atom stereocenters. The Morgan fingerprint density at radius 3 is 2.62 bits per heavy atom. The minimum Gasteiger partial charge on any atom is -0.459 e. The first-order chi connectivity index (χ1) is 12.7. The van der Waals surface area contributed by atoms with Gasteiger partial charge in [-0.25, -0.2) is 0 Å². The number of nitrogens with zero attached hydrogens (tertiary/aromatic N) is 1. The quantitative estimate of drug-likeness (QED) is 0.516. The van der Waals surface area contributed by atoms with Crippen LogP contribution in [0.25, 0.3) is 11.0 Å². The van der Waals surface area contributed by atoms with E-state index in [0.29, 0.717) is 18.3 Å². The molecule has 0 amide bonds. The first kappa shape index (κ1) is 18.2. The van der Waals surface area contributed by atoms with Crippen LogP contribution in [0.4, 0.5) is 0 Å². The van der Waals surface area contributed by atoms with Gasteiger partial charge < -0.3 is 15.1 Å². The monoisotopic (exact) mass is 369 g/mol. The second kappa shape index (κ2) is 8.67. The lowest BCUT2D eigenvalue weighted by Crippen LogP contribution is -2.40. The summed E-state index contributed by atoms with van der Waals surface area (Å²) in [5.41, 5.74) is 0.873. The van der Waals surface area contributed by atoms with Crippen molar-refractivity contribution in [1.82, 2.24) is 10.6 Å². The van der Waals surface area contributed by atoms with Crippen molar-refractivity contribution in [3.63, 3.8) is 0 Å². The number of rotatable bonds is 6. The molecular weight excluding hydrogens is 346 g/mol. The molecule has 2 N–H and O–H groups in total. The minimum atomic E-state index is -1.02. The second-order valence-electron chi connectivity index (χ2n) is 5.91. The molecule has 0 radical (unpaired) electrons. The van der Waals surface area contributed by atoms with E-state index in [2.05, 4.69) is 15.6 Å². The van der Waals surface area contributed by atoms with Crippen LogP contribution in [0.2, 0.25) is 0 Å². The van der Waals surface area contributed by atoms with E-state index >= 15 is 0 Å². The summed E-state index contributed by atoms with van der Waals surface area (Å²) in [7, 11) is 0.692. The van der Waals surface area contributed by atoms with Crippen molar-refractivity contribution in [2.75, 3.05) is 19.3 Å². The van der Waals surface area contributed by atoms with E-state index in [4.69, 9.17) is 4.42 Å². The Hall–Kier alpha value is -2.60. The van der Waals surface area contributed by atoms with Crippen molar-refractivity contribution < 1.29 is 8.63 Å². The van der Waals surface area contributed by atoms with E-state index in [1.54, 1.807) is 7.05 Å². The molecule has 0 fully saturated rings. The van der Waals surface area contributed by atoms with Gasteiger partial charge in [0.1, 0.15) is 11.3 Å². The fourth-order valence-electron chi connectivity index (χ4n) is 2.64. The predicted molar refractivity (Wildman–Crippen MR) is 107 cm³/mol. The first-order valence-electron chi connectivity index (χ1n) is 8.56. The van der Waals surface area contributed by atoms with E-state index in [0.717, 1.165) is 21.6 Å². The molecule has 2 unspecified atom stereocenters. The molecule has 5 nitrogen and oxygen atoms in total. The van der Waals surface area contributed by atoms with E-state index in [1.165, 1.54) is 0 Å². The average molecular weight is 369 g/mol. The summed E-state index contributed by atoms with van der Waals surface area (Å²) >= 11 is 0. The zero-order chi connectivity index (χ0) is 18.4. The van der Waals surface area contributed by atoms with Crippen LogP contribution in [-0.2, 0) is 10.8 Å². The molecule has 1 heterocycles. The Labute approximate surface area is 156 Å². The van der Waals surface area contributed by atoms with Gasteiger partial charge in [0, 0.05) is 29.6 Å². The molecule has 0 saturated heterocycles. The smallest absolute Gasteiger partial charge is 0.191 e. The summed E-state index contributed by atoms with van der Waals surface area (Å²) in [5, 5.41) is 7.59. The maximum Gasteiger partial charge on any atom is 0.191 e.